The predicted molar refractivity (Wildman–Crippen MR) is 99.1 cm³/mol. The molecule has 2 N–H and O–H groups in total. The van der Waals surface area contributed by atoms with Crippen LogP contribution in [0.15, 0.2) is 53.4 Å². The van der Waals surface area contributed by atoms with E-state index >= 15 is 0 Å². The number of rotatable bonds is 6. The fourth-order valence-electron chi connectivity index (χ4n) is 2.46. The molecule has 0 aliphatic carbocycles. The number of amides is 1. The van der Waals surface area contributed by atoms with E-state index in [0.29, 0.717) is 11.5 Å². The van der Waals surface area contributed by atoms with E-state index in [2.05, 4.69) is 36.0 Å². The molecule has 2 aromatic carbocycles. The largest absolute Gasteiger partial charge is 0.346 e. The zero-order valence-electron chi connectivity index (χ0n) is 14.9. The van der Waals surface area contributed by atoms with Crippen molar-refractivity contribution in [2.75, 3.05) is 7.05 Å². The quantitative estimate of drug-likeness (QED) is 0.830. The molecule has 0 radical (unpaired) electrons. The fourth-order valence-corrected chi connectivity index (χ4v) is 3.23. The second-order valence-electron chi connectivity index (χ2n) is 6.25. The molecule has 25 heavy (non-hydrogen) atoms. The molecule has 2 rings (SSSR count). The SMILES string of the molecule is CNS(=O)(=O)c1cccc(C(=O)NC(C)c2ccc(C(C)C)cc2)c1. The topological polar surface area (TPSA) is 75.3 Å². The molecule has 0 heterocycles. The van der Waals surface area contributed by atoms with Crippen LogP contribution in [0.1, 0.15) is 54.2 Å². The van der Waals surface area contributed by atoms with Gasteiger partial charge in [-0.3, -0.25) is 4.79 Å². The summed E-state index contributed by atoms with van der Waals surface area (Å²) in [6.07, 6.45) is 0. The van der Waals surface area contributed by atoms with E-state index in [9.17, 15) is 13.2 Å². The highest BCUT2D eigenvalue weighted by molar-refractivity contribution is 7.89. The summed E-state index contributed by atoms with van der Waals surface area (Å²) in [5, 5.41) is 2.90. The molecule has 0 saturated carbocycles. The Morgan fingerprint density at radius 2 is 1.56 bits per heavy atom. The molecule has 0 aromatic heterocycles. The van der Waals surface area contributed by atoms with Crippen LogP contribution in [0, 0.1) is 0 Å². The highest BCUT2D eigenvalue weighted by atomic mass is 32.2. The Morgan fingerprint density at radius 3 is 2.12 bits per heavy atom. The van der Waals surface area contributed by atoms with Crippen molar-refractivity contribution in [2.24, 2.45) is 0 Å². The minimum absolute atomic E-state index is 0.0663. The maximum Gasteiger partial charge on any atom is 0.251 e. The fraction of sp³-hybridized carbons (Fsp3) is 0.316. The van der Waals surface area contributed by atoms with Crippen LogP contribution in [0.4, 0.5) is 0 Å². The molecule has 0 bridgehead atoms. The van der Waals surface area contributed by atoms with Crippen molar-refractivity contribution >= 4 is 15.9 Å². The summed E-state index contributed by atoms with van der Waals surface area (Å²) in [5.41, 5.74) is 2.55. The molecule has 1 unspecified atom stereocenters. The maximum atomic E-state index is 12.4. The summed E-state index contributed by atoms with van der Waals surface area (Å²) < 4.78 is 26.0. The lowest BCUT2D eigenvalue weighted by molar-refractivity contribution is 0.0939. The van der Waals surface area contributed by atoms with E-state index < -0.39 is 10.0 Å². The van der Waals surface area contributed by atoms with Crippen molar-refractivity contribution in [2.45, 2.75) is 37.6 Å². The third-order valence-electron chi connectivity index (χ3n) is 4.13. The lowest BCUT2D eigenvalue weighted by atomic mass is 9.99. The summed E-state index contributed by atoms with van der Waals surface area (Å²) in [7, 11) is -2.24. The average Bonchev–Trinajstić information content (AvgIpc) is 2.61. The van der Waals surface area contributed by atoms with Crippen LogP contribution < -0.4 is 10.0 Å². The van der Waals surface area contributed by atoms with Crippen LogP contribution in [0.2, 0.25) is 0 Å². The Labute approximate surface area is 149 Å². The normalized spacial score (nSPS) is 12.8. The number of carbonyl (C=O) groups is 1. The number of nitrogens with one attached hydrogen (secondary N) is 2. The van der Waals surface area contributed by atoms with Gasteiger partial charge in [-0.2, -0.15) is 0 Å². The summed E-state index contributed by atoms with van der Waals surface area (Å²) in [6.45, 7) is 6.16. The second kappa shape index (κ2) is 7.80. The second-order valence-corrected chi connectivity index (χ2v) is 8.14. The highest BCUT2D eigenvalue weighted by Crippen LogP contribution is 2.19. The van der Waals surface area contributed by atoms with Crippen molar-refractivity contribution in [1.29, 1.82) is 0 Å². The molecular formula is C19H24N2O3S. The van der Waals surface area contributed by atoms with Gasteiger partial charge in [-0.05, 0) is 49.2 Å². The van der Waals surface area contributed by atoms with E-state index in [0.717, 1.165) is 5.56 Å². The zero-order valence-corrected chi connectivity index (χ0v) is 15.7. The van der Waals surface area contributed by atoms with E-state index in [4.69, 9.17) is 0 Å². The first-order valence-corrected chi connectivity index (χ1v) is 9.67. The van der Waals surface area contributed by atoms with Gasteiger partial charge in [-0.15, -0.1) is 0 Å². The number of benzene rings is 2. The van der Waals surface area contributed by atoms with Crippen molar-refractivity contribution in [3.63, 3.8) is 0 Å². The molecule has 134 valence electrons. The van der Waals surface area contributed by atoms with Crippen LogP contribution in [0.25, 0.3) is 0 Å². The Morgan fingerprint density at radius 1 is 0.960 bits per heavy atom. The molecule has 1 amide bonds. The minimum atomic E-state index is -3.58. The molecule has 0 aliphatic heterocycles. The minimum Gasteiger partial charge on any atom is -0.346 e. The Hall–Kier alpha value is -2.18. The van der Waals surface area contributed by atoms with Crippen molar-refractivity contribution < 1.29 is 13.2 Å². The van der Waals surface area contributed by atoms with Crippen LogP contribution in [0.3, 0.4) is 0 Å². The molecule has 0 spiro atoms. The smallest absolute Gasteiger partial charge is 0.251 e. The van der Waals surface area contributed by atoms with Crippen molar-refractivity contribution in [1.82, 2.24) is 10.0 Å². The maximum absolute atomic E-state index is 12.4. The standard InChI is InChI=1S/C19H24N2O3S/c1-13(2)15-8-10-16(11-9-15)14(3)21-19(22)17-6-5-7-18(12-17)25(23,24)20-4/h5-14,20H,1-4H3,(H,21,22). The lowest BCUT2D eigenvalue weighted by Gasteiger charge is -2.16. The Kier molecular flexibility index (Phi) is 5.98. The van der Waals surface area contributed by atoms with Crippen LogP contribution >= 0.6 is 0 Å². The number of hydrogen-bond donors (Lipinski definition) is 2. The van der Waals surface area contributed by atoms with E-state index in [1.54, 1.807) is 12.1 Å². The van der Waals surface area contributed by atoms with E-state index in [-0.39, 0.29) is 16.8 Å². The van der Waals surface area contributed by atoms with Gasteiger partial charge >= 0.3 is 0 Å². The third kappa shape index (κ3) is 4.67. The van der Waals surface area contributed by atoms with E-state index in [1.807, 2.05) is 19.1 Å². The highest BCUT2D eigenvalue weighted by Gasteiger charge is 2.16. The van der Waals surface area contributed by atoms with Crippen molar-refractivity contribution in [3.8, 4) is 0 Å². The number of sulfonamides is 1. The first-order chi connectivity index (χ1) is 11.7. The van der Waals surface area contributed by atoms with Gasteiger partial charge in [0.2, 0.25) is 10.0 Å². The van der Waals surface area contributed by atoms with Gasteiger partial charge in [0.1, 0.15) is 0 Å². The lowest BCUT2D eigenvalue weighted by Crippen LogP contribution is -2.27. The molecule has 2 aromatic rings. The van der Waals surface area contributed by atoms with Crippen LogP contribution in [0.5, 0.6) is 0 Å². The summed E-state index contributed by atoms with van der Waals surface area (Å²) in [5.74, 6) is 0.143. The Bertz CT molecular complexity index is 843. The summed E-state index contributed by atoms with van der Waals surface area (Å²) in [6, 6.07) is 13.9. The van der Waals surface area contributed by atoms with Gasteiger partial charge in [0.15, 0.2) is 0 Å². The van der Waals surface area contributed by atoms with Crippen molar-refractivity contribution in [3.05, 3.63) is 65.2 Å². The summed E-state index contributed by atoms with van der Waals surface area (Å²) in [4.78, 5) is 12.5. The average molecular weight is 360 g/mol. The van der Waals surface area contributed by atoms with Gasteiger partial charge in [0, 0.05) is 5.56 Å². The van der Waals surface area contributed by atoms with E-state index in [1.165, 1.54) is 24.7 Å². The monoisotopic (exact) mass is 360 g/mol. The first kappa shape index (κ1) is 19.1. The molecular weight excluding hydrogens is 336 g/mol. The molecule has 0 saturated heterocycles. The molecule has 0 aliphatic rings. The van der Waals surface area contributed by atoms with Gasteiger partial charge in [0.05, 0.1) is 10.9 Å². The number of hydrogen-bond acceptors (Lipinski definition) is 3. The van der Waals surface area contributed by atoms with Gasteiger partial charge in [0.25, 0.3) is 5.91 Å². The zero-order chi connectivity index (χ0) is 18.6. The van der Waals surface area contributed by atoms with Crippen LogP contribution in [-0.2, 0) is 10.0 Å². The Balaban J connectivity index is 2.15. The van der Waals surface area contributed by atoms with Gasteiger partial charge < -0.3 is 5.32 Å². The predicted octanol–water partition coefficient (Wildman–Crippen LogP) is 3.21. The van der Waals surface area contributed by atoms with Crippen LogP contribution in [-0.4, -0.2) is 21.4 Å². The molecule has 6 heteroatoms. The van der Waals surface area contributed by atoms with Gasteiger partial charge in [-0.25, -0.2) is 13.1 Å². The molecule has 5 nitrogen and oxygen atoms in total. The molecule has 1 atom stereocenters. The third-order valence-corrected chi connectivity index (χ3v) is 5.54. The summed E-state index contributed by atoms with van der Waals surface area (Å²) >= 11 is 0. The first-order valence-electron chi connectivity index (χ1n) is 8.19. The molecule has 0 fully saturated rings. The number of carbonyl (C=O) groups excluding carboxylic acids is 1. The van der Waals surface area contributed by atoms with Gasteiger partial charge in [-0.1, -0.05) is 44.2 Å².